The Balaban J connectivity index is 2.81. The van der Waals surface area contributed by atoms with Gasteiger partial charge in [0.25, 0.3) is 0 Å². The maximum Gasteiger partial charge on any atom is 0.0888 e. The number of hydrogen-bond acceptors (Lipinski definition) is 0. The summed E-state index contributed by atoms with van der Waals surface area (Å²) in [5, 5.41) is 10.5. The molecule has 0 N–H and O–H groups in total. The maximum atomic E-state index is 10.5. The van der Waals surface area contributed by atoms with E-state index in [0.717, 1.165) is 5.56 Å². The minimum absolute atomic E-state index is 0.0247. The first-order valence-electron chi connectivity index (χ1n) is 3.88. The fraction of sp³-hybridized carbons (Fsp3) is 0.400. The first-order chi connectivity index (χ1) is 5.24. The van der Waals surface area contributed by atoms with E-state index < -0.39 is 0 Å². The molecule has 0 aromatic heterocycles. The zero-order valence-corrected chi connectivity index (χ0v) is 7.00. The van der Waals surface area contributed by atoms with Gasteiger partial charge in [0.15, 0.2) is 0 Å². The Hall–Kier alpha value is -0.820. The van der Waals surface area contributed by atoms with E-state index in [1.54, 1.807) is 0 Å². The summed E-state index contributed by atoms with van der Waals surface area (Å²) in [6.45, 7) is 3.98. The van der Waals surface area contributed by atoms with Crippen LogP contribution in [0.25, 0.3) is 0 Å². The van der Waals surface area contributed by atoms with Crippen LogP contribution < -0.4 is 0 Å². The average Bonchev–Trinajstić information content (AvgIpc) is 2.05. The third-order valence-electron chi connectivity index (χ3n) is 1.90. The van der Waals surface area contributed by atoms with Crippen molar-refractivity contribution in [2.75, 3.05) is 6.61 Å². The molecule has 0 spiro atoms. The lowest BCUT2D eigenvalue weighted by Crippen LogP contribution is -1.96. The second kappa shape index (κ2) is 3.54. The standard InChI is InChI=1S/C10H13O/c1-8-3-5-10(6-4-8)9(2)7-11/h3-6,9H,7H2,1-2H3. The summed E-state index contributed by atoms with van der Waals surface area (Å²) < 4.78 is 0. The largest absolute Gasteiger partial charge is 0.236 e. The van der Waals surface area contributed by atoms with E-state index in [2.05, 4.69) is 0 Å². The topological polar surface area (TPSA) is 19.9 Å². The Morgan fingerprint density at radius 3 is 2.27 bits per heavy atom. The molecular weight excluding hydrogens is 136 g/mol. The highest BCUT2D eigenvalue weighted by molar-refractivity contribution is 5.23. The van der Waals surface area contributed by atoms with Crippen LogP contribution in [0.2, 0.25) is 0 Å². The fourth-order valence-corrected chi connectivity index (χ4v) is 0.991. The van der Waals surface area contributed by atoms with Crippen LogP contribution in [0.4, 0.5) is 0 Å². The number of rotatable bonds is 2. The zero-order valence-electron chi connectivity index (χ0n) is 7.00. The monoisotopic (exact) mass is 149 g/mol. The molecular formula is C10H13O. The van der Waals surface area contributed by atoms with Gasteiger partial charge in [-0.15, -0.1) is 0 Å². The molecule has 0 aliphatic carbocycles. The Kier molecular flexibility index (Phi) is 2.66. The summed E-state index contributed by atoms with van der Waals surface area (Å²) >= 11 is 0. The Morgan fingerprint density at radius 1 is 1.27 bits per heavy atom. The summed E-state index contributed by atoms with van der Waals surface area (Å²) in [5.41, 5.74) is 2.39. The van der Waals surface area contributed by atoms with Crippen LogP contribution in [0.5, 0.6) is 0 Å². The van der Waals surface area contributed by atoms with Gasteiger partial charge in [0, 0.05) is 5.92 Å². The lowest BCUT2D eigenvalue weighted by molar-refractivity contribution is 0.177. The van der Waals surface area contributed by atoms with E-state index >= 15 is 0 Å². The average molecular weight is 149 g/mol. The van der Waals surface area contributed by atoms with Crippen LogP contribution in [-0.4, -0.2) is 6.61 Å². The quantitative estimate of drug-likeness (QED) is 0.615. The van der Waals surface area contributed by atoms with Crippen molar-refractivity contribution in [1.82, 2.24) is 0 Å². The first kappa shape index (κ1) is 8.28. The van der Waals surface area contributed by atoms with Crippen LogP contribution in [0.15, 0.2) is 24.3 Å². The van der Waals surface area contributed by atoms with Crippen molar-refractivity contribution in [3.8, 4) is 0 Å². The molecule has 0 aliphatic rings. The smallest absolute Gasteiger partial charge is 0.0888 e. The molecule has 0 fully saturated rings. The minimum atomic E-state index is -0.0247. The molecule has 1 rings (SSSR count). The molecule has 1 radical (unpaired) electrons. The molecule has 59 valence electrons. The van der Waals surface area contributed by atoms with Crippen molar-refractivity contribution in [3.05, 3.63) is 35.4 Å². The van der Waals surface area contributed by atoms with Gasteiger partial charge in [0.2, 0.25) is 0 Å². The molecule has 0 heterocycles. The molecule has 1 nitrogen and oxygen atoms in total. The van der Waals surface area contributed by atoms with Gasteiger partial charge in [-0.05, 0) is 12.5 Å². The molecule has 1 aromatic carbocycles. The van der Waals surface area contributed by atoms with Gasteiger partial charge in [0.05, 0.1) is 6.61 Å². The molecule has 0 aliphatic heterocycles. The van der Waals surface area contributed by atoms with Crippen LogP contribution in [0.3, 0.4) is 0 Å². The van der Waals surface area contributed by atoms with Crippen molar-refractivity contribution >= 4 is 0 Å². The van der Waals surface area contributed by atoms with Gasteiger partial charge in [-0.2, -0.15) is 0 Å². The third kappa shape index (κ3) is 2.05. The molecule has 0 saturated heterocycles. The number of benzene rings is 1. The molecule has 0 bridgehead atoms. The summed E-state index contributed by atoms with van der Waals surface area (Å²) in [7, 11) is 0. The van der Waals surface area contributed by atoms with Gasteiger partial charge in [-0.3, -0.25) is 0 Å². The highest BCUT2D eigenvalue weighted by Crippen LogP contribution is 2.14. The minimum Gasteiger partial charge on any atom is -0.236 e. The molecule has 1 aromatic rings. The van der Waals surface area contributed by atoms with E-state index in [0.29, 0.717) is 0 Å². The zero-order chi connectivity index (χ0) is 8.27. The second-order valence-corrected chi connectivity index (χ2v) is 2.98. The predicted octanol–water partition coefficient (Wildman–Crippen LogP) is 2.53. The van der Waals surface area contributed by atoms with Crippen molar-refractivity contribution in [1.29, 1.82) is 0 Å². The van der Waals surface area contributed by atoms with Gasteiger partial charge < -0.3 is 0 Å². The van der Waals surface area contributed by atoms with Crippen molar-refractivity contribution in [2.45, 2.75) is 19.8 Å². The van der Waals surface area contributed by atoms with Gasteiger partial charge in [0.1, 0.15) is 0 Å². The molecule has 1 unspecified atom stereocenters. The summed E-state index contributed by atoms with van der Waals surface area (Å²) in [5.74, 6) is 0.149. The van der Waals surface area contributed by atoms with Crippen LogP contribution in [0.1, 0.15) is 24.0 Å². The predicted molar refractivity (Wildman–Crippen MR) is 45.1 cm³/mol. The van der Waals surface area contributed by atoms with Crippen LogP contribution in [-0.2, 0) is 5.11 Å². The van der Waals surface area contributed by atoms with E-state index in [1.807, 2.05) is 38.1 Å². The van der Waals surface area contributed by atoms with E-state index in [-0.39, 0.29) is 12.5 Å². The second-order valence-electron chi connectivity index (χ2n) is 2.98. The highest BCUT2D eigenvalue weighted by atomic mass is 16.3. The summed E-state index contributed by atoms with van der Waals surface area (Å²) in [6.07, 6.45) is 0. The number of aryl methyl sites for hydroxylation is 1. The lowest BCUT2D eigenvalue weighted by Gasteiger charge is -2.06. The maximum absolute atomic E-state index is 10.5. The first-order valence-corrected chi connectivity index (χ1v) is 3.88. The van der Waals surface area contributed by atoms with Crippen molar-refractivity contribution < 1.29 is 5.11 Å². The van der Waals surface area contributed by atoms with E-state index in [9.17, 15) is 5.11 Å². The van der Waals surface area contributed by atoms with Crippen LogP contribution in [0, 0.1) is 6.92 Å². The highest BCUT2D eigenvalue weighted by Gasteiger charge is 2.02. The summed E-state index contributed by atoms with van der Waals surface area (Å²) in [4.78, 5) is 0. The van der Waals surface area contributed by atoms with Gasteiger partial charge in [-0.1, -0.05) is 36.8 Å². The van der Waals surface area contributed by atoms with Gasteiger partial charge >= 0.3 is 0 Å². The van der Waals surface area contributed by atoms with Crippen molar-refractivity contribution in [3.63, 3.8) is 0 Å². The number of hydrogen-bond donors (Lipinski definition) is 0. The fourth-order valence-electron chi connectivity index (χ4n) is 0.991. The van der Waals surface area contributed by atoms with E-state index in [1.165, 1.54) is 5.56 Å². The van der Waals surface area contributed by atoms with E-state index in [4.69, 9.17) is 0 Å². The molecule has 0 saturated carbocycles. The van der Waals surface area contributed by atoms with Crippen LogP contribution >= 0.6 is 0 Å². The lowest BCUT2D eigenvalue weighted by atomic mass is 10.0. The Bertz CT molecular complexity index is 213. The molecule has 11 heavy (non-hydrogen) atoms. The SMILES string of the molecule is Cc1ccc(C(C)C[O])cc1. The third-order valence-corrected chi connectivity index (χ3v) is 1.90. The molecule has 0 amide bonds. The normalized spacial score (nSPS) is 13.0. The summed E-state index contributed by atoms with van der Waals surface area (Å²) in [6, 6.07) is 8.14. The Labute approximate surface area is 67.7 Å². The molecule has 1 atom stereocenters. The van der Waals surface area contributed by atoms with Crippen molar-refractivity contribution in [2.24, 2.45) is 0 Å². The van der Waals surface area contributed by atoms with Gasteiger partial charge in [-0.25, -0.2) is 5.11 Å². The molecule has 1 heteroatoms. The Morgan fingerprint density at radius 2 is 1.82 bits per heavy atom.